The van der Waals surface area contributed by atoms with E-state index in [4.69, 9.17) is 23.7 Å². The molecule has 0 spiro atoms. The minimum atomic E-state index is -2.20. The Bertz CT molecular complexity index is 2200. The summed E-state index contributed by atoms with van der Waals surface area (Å²) < 4.78 is 29.3. The normalized spacial score (nSPS) is 32.1. The first kappa shape index (κ1) is 45.1. The molecule has 0 amide bonds. The summed E-state index contributed by atoms with van der Waals surface area (Å²) in [5.41, 5.74) is 0.599. The van der Waals surface area contributed by atoms with Gasteiger partial charge in [-0.05, 0) is 41.5 Å². The number of carboxylic acids is 4. The molecule has 23 heteroatoms. The molecule has 0 radical (unpaired) electrons. The van der Waals surface area contributed by atoms with E-state index in [1.807, 2.05) is 0 Å². The summed E-state index contributed by atoms with van der Waals surface area (Å²) >= 11 is 0. The number of nitrogens with one attached hydrogen (secondary N) is 1. The average molecular weight is 874 g/mol. The van der Waals surface area contributed by atoms with E-state index in [2.05, 4.69) is 5.32 Å². The van der Waals surface area contributed by atoms with Crippen LogP contribution in [0.1, 0.15) is 17.5 Å². The van der Waals surface area contributed by atoms with Crippen molar-refractivity contribution in [2.24, 2.45) is 0 Å². The van der Waals surface area contributed by atoms with E-state index in [1.165, 1.54) is 59.4 Å². The van der Waals surface area contributed by atoms with Crippen molar-refractivity contribution >= 4 is 47.8 Å². The lowest BCUT2D eigenvalue weighted by atomic mass is 9.97. The first-order valence-electron chi connectivity index (χ1n) is 18.6. The maximum absolute atomic E-state index is 12.9. The van der Waals surface area contributed by atoms with Gasteiger partial charge in [-0.15, -0.1) is 0 Å². The molecule has 0 unspecified atom stereocenters. The Labute approximate surface area is 348 Å². The maximum Gasteiger partial charge on any atom is 0.373 e. The van der Waals surface area contributed by atoms with Gasteiger partial charge in [0, 0.05) is 24.1 Å². The van der Waals surface area contributed by atoms with Crippen molar-refractivity contribution in [1.29, 1.82) is 0 Å². The van der Waals surface area contributed by atoms with Gasteiger partial charge in [-0.2, -0.15) is 4.58 Å². The summed E-state index contributed by atoms with van der Waals surface area (Å²) in [5.74, 6) is -8.21. The molecule has 0 bridgehead atoms. The molecule has 4 aliphatic rings. The second kappa shape index (κ2) is 18.7. The van der Waals surface area contributed by atoms with Crippen LogP contribution in [0.5, 0.6) is 17.2 Å². The molecule has 6 rings (SSSR count). The fourth-order valence-electron chi connectivity index (χ4n) is 7.06. The first-order chi connectivity index (χ1) is 29.4. The van der Waals surface area contributed by atoms with E-state index < -0.39 is 127 Å². The van der Waals surface area contributed by atoms with Crippen molar-refractivity contribution < 1.29 is 108 Å². The number of phenolic OH excluding ortho intramolecular Hbond substituents is 2. The van der Waals surface area contributed by atoms with Crippen LogP contribution in [0.4, 0.5) is 5.69 Å². The number of hydrogen-bond acceptors (Lipinski definition) is 18. The number of hydrogen-bond donors (Lipinski definition) is 12. The Morgan fingerprint density at radius 2 is 1.52 bits per heavy atom. The molecule has 2 fully saturated rings. The number of aliphatic hydroxyl groups excluding tert-OH is 5. The van der Waals surface area contributed by atoms with Crippen LogP contribution in [0.25, 0.3) is 6.08 Å². The third-order valence-electron chi connectivity index (χ3n) is 10.3. The van der Waals surface area contributed by atoms with E-state index in [-0.39, 0.29) is 35.4 Å². The van der Waals surface area contributed by atoms with Gasteiger partial charge in [0.15, 0.2) is 42.3 Å². The fourth-order valence-corrected chi connectivity index (χ4v) is 7.06. The summed E-state index contributed by atoms with van der Waals surface area (Å²) in [6.45, 7) is -0.909. The summed E-state index contributed by atoms with van der Waals surface area (Å²) in [6.07, 6.45) is -14.7. The van der Waals surface area contributed by atoms with Gasteiger partial charge in [-0.25, -0.2) is 24.0 Å². The SMILES string of the molecule is O=C(/C=C/c1ccc(O)cc1)O[C@H]1[C@H](O[C@H]2[C@H](Oc3cc4c(cc3O)[N+](=C/C=C3/C=C(C(=O)O)N[C@H](C(=O)O)C3)[C@H](C(=O)O)C4)O[C@H](CO)[C@@H](O)[C@@H]2O)O[C@H](C(=O)O)[C@@H](O)[C@@H]1O. The Morgan fingerprint density at radius 3 is 2.15 bits per heavy atom. The molecule has 2 saturated heterocycles. The molecule has 4 heterocycles. The molecule has 12 N–H and O–H groups in total. The number of ether oxygens (including phenoxy) is 5. The molecule has 4 aliphatic heterocycles. The van der Waals surface area contributed by atoms with Crippen molar-refractivity contribution in [3.8, 4) is 17.2 Å². The second-order valence-corrected chi connectivity index (χ2v) is 14.4. The molecular weight excluding hydrogens is 832 g/mol. The van der Waals surface area contributed by atoms with Crippen molar-refractivity contribution in [2.75, 3.05) is 6.61 Å². The van der Waals surface area contributed by atoms with Crippen LogP contribution in [0.2, 0.25) is 0 Å². The number of rotatable bonds is 13. The van der Waals surface area contributed by atoms with E-state index in [9.17, 15) is 80.1 Å². The number of aromatic hydroxyl groups is 2. The number of fused-ring (bicyclic) bond motifs is 1. The highest BCUT2D eigenvalue weighted by Crippen LogP contribution is 2.41. The predicted molar refractivity (Wildman–Crippen MR) is 201 cm³/mol. The Balaban J connectivity index is 1.30. The Kier molecular flexibility index (Phi) is 13.6. The molecule has 0 aliphatic carbocycles. The number of aliphatic carboxylic acids is 4. The van der Waals surface area contributed by atoms with Gasteiger partial charge < -0.3 is 85.2 Å². The van der Waals surface area contributed by atoms with Crippen molar-refractivity contribution in [3.05, 3.63) is 77.0 Å². The number of carboxylic acid groups (broad SMARTS) is 4. The lowest BCUT2D eigenvalue weighted by Crippen LogP contribution is -2.66. The fraction of sp³-hybridized carbons (Fsp3) is 0.385. The van der Waals surface area contributed by atoms with Crippen LogP contribution in [0.15, 0.2) is 65.9 Å². The smallest absolute Gasteiger partial charge is 0.373 e. The molecule has 12 atom stereocenters. The summed E-state index contributed by atoms with van der Waals surface area (Å²) in [4.78, 5) is 60.6. The highest BCUT2D eigenvalue weighted by molar-refractivity contribution is 5.90. The molecule has 2 aromatic rings. The van der Waals surface area contributed by atoms with E-state index >= 15 is 0 Å². The van der Waals surface area contributed by atoms with Crippen LogP contribution in [0, 0.1) is 0 Å². The monoisotopic (exact) mass is 873 g/mol. The van der Waals surface area contributed by atoms with Gasteiger partial charge in [-0.1, -0.05) is 12.1 Å². The topological polar surface area (TPSA) is 369 Å². The lowest BCUT2D eigenvalue weighted by Gasteiger charge is -2.46. The standard InChI is InChI=1S/C39H40N2O21/c42-14-25-27(46)28(47)33(62-39-32(30(49)29(48)31(61-39)37(56)57)60-26(45)6-3-15-1-4-18(43)5-2-15)38(59-25)58-24-12-17-11-22(36(54)55)41(21(17)13-23(24)44)8-7-16-9-19(34(50)51)40-20(10-16)35(52)53/h1-9,12-13,20,22,25,27-33,38-39,42,46-49H,10-11,14H2,(H6,43,44,45,50,51,52,53,54,55,56,57)/p+1/t20-,22-,25+,27+,28-,29-,30-,31-,32+,33+,38+,39-/m0/s1. The van der Waals surface area contributed by atoms with Crippen molar-refractivity contribution in [3.63, 3.8) is 0 Å². The second-order valence-electron chi connectivity index (χ2n) is 14.4. The quantitative estimate of drug-likeness (QED) is 0.0563. The molecule has 62 heavy (non-hydrogen) atoms. The Hall–Kier alpha value is -6.44. The first-order valence-corrected chi connectivity index (χ1v) is 18.6. The number of nitrogens with zero attached hydrogens (tertiary/aromatic N) is 1. The van der Waals surface area contributed by atoms with E-state index in [0.717, 1.165) is 12.1 Å². The van der Waals surface area contributed by atoms with Gasteiger partial charge in [0.05, 0.1) is 19.1 Å². The zero-order valence-electron chi connectivity index (χ0n) is 31.8. The number of aliphatic hydroxyl groups is 5. The highest BCUT2D eigenvalue weighted by Gasteiger charge is 2.54. The molecular formula is C39H41N2O21+. The number of esters is 1. The zero-order chi connectivity index (χ0) is 45.2. The average Bonchev–Trinajstić information content (AvgIpc) is 3.58. The minimum Gasteiger partial charge on any atom is -0.508 e. The Morgan fingerprint density at radius 1 is 0.823 bits per heavy atom. The van der Waals surface area contributed by atoms with Crippen molar-refractivity contribution in [2.45, 2.75) is 86.3 Å². The largest absolute Gasteiger partial charge is 0.508 e. The molecule has 0 saturated carbocycles. The van der Waals surface area contributed by atoms with Crippen LogP contribution >= 0.6 is 0 Å². The van der Waals surface area contributed by atoms with Crippen LogP contribution in [0.3, 0.4) is 0 Å². The van der Waals surface area contributed by atoms with Crippen LogP contribution in [-0.4, -0.2) is 177 Å². The number of phenols is 2. The van der Waals surface area contributed by atoms with E-state index in [0.29, 0.717) is 5.56 Å². The molecule has 23 nitrogen and oxygen atoms in total. The van der Waals surface area contributed by atoms with E-state index in [1.54, 1.807) is 0 Å². The summed E-state index contributed by atoms with van der Waals surface area (Å²) in [5, 5.41) is 115. The molecule has 0 aromatic heterocycles. The number of carbonyl (C=O) groups is 5. The van der Waals surface area contributed by atoms with Gasteiger partial charge >= 0.3 is 29.8 Å². The maximum atomic E-state index is 12.9. The van der Waals surface area contributed by atoms with Crippen LogP contribution in [-0.2, 0) is 49.3 Å². The van der Waals surface area contributed by atoms with Gasteiger partial charge in [0.2, 0.25) is 12.0 Å². The molecule has 332 valence electrons. The van der Waals surface area contributed by atoms with Gasteiger partial charge in [0.25, 0.3) is 6.04 Å². The minimum absolute atomic E-state index is 0.0567. The third-order valence-corrected chi connectivity index (χ3v) is 10.3. The zero-order valence-corrected chi connectivity index (χ0v) is 31.8. The van der Waals surface area contributed by atoms with Gasteiger partial charge in [-0.3, -0.25) is 0 Å². The lowest BCUT2D eigenvalue weighted by molar-refractivity contribution is -0.456. The number of carbonyl (C=O) groups excluding carboxylic acids is 1. The third kappa shape index (κ3) is 9.69. The summed E-state index contributed by atoms with van der Waals surface area (Å²) in [6, 6.07) is 5.25. The van der Waals surface area contributed by atoms with Gasteiger partial charge in [0.1, 0.15) is 48.0 Å². The summed E-state index contributed by atoms with van der Waals surface area (Å²) in [7, 11) is 0. The molecule has 2 aromatic carbocycles. The predicted octanol–water partition coefficient (Wildman–Crippen LogP) is -2.48. The van der Waals surface area contributed by atoms with Crippen LogP contribution < -0.4 is 10.1 Å². The highest BCUT2D eigenvalue weighted by atomic mass is 16.8. The number of benzene rings is 2. The number of allylic oxidation sites excluding steroid dienone is 2. The van der Waals surface area contributed by atoms with Crippen molar-refractivity contribution in [1.82, 2.24) is 5.32 Å².